The molecule has 1 rings (SSSR count). The molecule has 0 aliphatic heterocycles. The van der Waals surface area contributed by atoms with Gasteiger partial charge >= 0.3 is 0 Å². The molecule has 0 saturated heterocycles. The number of nitrogens with zero attached hydrogens (tertiary/aromatic N) is 1. The highest BCUT2D eigenvalue weighted by molar-refractivity contribution is 5.44. The van der Waals surface area contributed by atoms with Crippen molar-refractivity contribution in [3.05, 3.63) is 33.9 Å². The quantitative estimate of drug-likeness (QED) is 0.416. The SMILES string of the molecule is CC(O)c1cc([N+](=O)[O-])ccc1OCCOCCO. The van der Waals surface area contributed by atoms with Crippen LogP contribution in [0.25, 0.3) is 0 Å². The summed E-state index contributed by atoms with van der Waals surface area (Å²) in [6, 6.07) is 4.05. The molecule has 1 atom stereocenters. The third-order valence-corrected chi connectivity index (χ3v) is 2.38. The van der Waals surface area contributed by atoms with E-state index in [1.807, 2.05) is 0 Å². The number of hydrogen-bond acceptors (Lipinski definition) is 6. The van der Waals surface area contributed by atoms with E-state index in [2.05, 4.69) is 0 Å². The van der Waals surface area contributed by atoms with Crippen LogP contribution in [0.1, 0.15) is 18.6 Å². The van der Waals surface area contributed by atoms with Crippen molar-refractivity contribution in [2.45, 2.75) is 13.0 Å². The van der Waals surface area contributed by atoms with Gasteiger partial charge in [0.1, 0.15) is 12.4 Å². The van der Waals surface area contributed by atoms with Gasteiger partial charge in [0.2, 0.25) is 0 Å². The van der Waals surface area contributed by atoms with Crippen molar-refractivity contribution in [1.29, 1.82) is 0 Å². The molecule has 0 heterocycles. The first kappa shape index (κ1) is 15.4. The largest absolute Gasteiger partial charge is 0.491 e. The molecule has 1 aromatic rings. The molecule has 0 aromatic heterocycles. The monoisotopic (exact) mass is 271 g/mol. The third kappa shape index (κ3) is 4.82. The maximum Gasteiger partial charge on any atom is 0.270 e. The Kier molecular flexibility index (Phi) is 6.20. The lowest BCUT2D eigenvalue weighted by molar-refractivity contribution is -0.385. The van der Waals surface area contributed by atoms with Crippen LogP contribution in [0.2, 0.25) is 0 Å². The molecule has 0 amide bonds. The van der Waals surface area contributed by atoms with E-state index in [4.69, 9.17) is 14.6 Å². The highest BCUT2D eigenvalue weighted by atomic mass is 16.6. The first-order valence-corrected chi connectivity index (χ1v) is 5.84. The Morgan fingerprint density at radius 2 is 2.11 bits per heavy atom. The molecule has 7 nitrogen and oxygen atoms in total. The normalized spacial score (nSPS) is 12.2. The summed E-state index contributed by atoms with van der Waals surface area (Å²) >= 11 is 0. The summed E-state index contributed by atoms with van der Waals surface area (Å²) in [6.45, 7) is 2.20. The van der Waals surface area contributed by atoms with Crippen molar-refractivity contribution in [2.24, 2.45) is 0 Å². The lowest BCUT2D eigenvalue weighted by Crippen LogP contribution is -2.10. The summed E-state index contributed by atoms with van der Waals surface area (Å²) in [6.07, 6.45) is -0.867. The minimum atomic E-state index is -0.867. The van der Waals surface area contributed by atoms with Crippen LogP contribution in [0, 0.1) is 10.1 Å². The molecule has 106 valence electrons. The third-order valence-electron chi connectivity index (χ3n) is 2.38. The molecule has 0 aliphatic carbocycles. The molecule has 0 radical (unpaired) electrons. The first-order chi connectivity index (χ1) is 9.06. The Balaban J connectivity index is 2.69. The summed E-state index contributed by atoms with van der Waals surface area (Å²) < 4.78 is 10.4. The fourth-order valence-electron chi connectivity index (χ4n) is 1.48. The molecule has 0 aliphatic rings. The lowest BCUT2D eigenvalue weighted by Gasteiger charge is -2.13. The topological polar surface area (TPSA) is 102 Å². The van der Waals surface area contributed by atoms with Crippen LogP contribution in [0.5, 0.6) is 5.75 Å². The Bertz CT molecular complexity index is 421. The fourth-order valence-corrected chi connectivity index (χ4v) is 1.48. The van der Waals surface area contributed by atoms with Crippen molar-refractivity contribution in [3.8, 4) is 5.75 Å². The van der Waals surface area contributed by atoms with Gasteiger partial charge in [-0.3, -0.25) is 10.1 Å². The molecule has 7 heteroatoms. The summed E-state index contributed by atoms with van der Waals surface area (Å²) in [5.74, 6) is 0.383. The van der Waals surface area contributed by atoms with E-state index in [0.29, 0.717) is 11.3 Å². The van der Waals surface area contributed by atoms with Gasteiger partial charge in [0.15, 0.2) is 0 Å². The fraction of sp³-hybridized carbons (Fsp3) is 0.500. The molecule has 1 aromatic carbocycles. The van der Waals surface area contributed by atoms with E-state index < -0.39 is 11.0 Å². The number of hydrogen-bond donors (Lipinski definition) is 2. The smallest absolute Gasteiger partial charge is 0.270 e. The maximum absolute atomic E-state index is 10.7. The van der Waals surface area contributed by atoms with Gasteiger partial charge in [0.05, 0.1) is 30.8 Å². The summed E-state index contributed by atoms with van der Waals surface area (Å²) in [7, 11) is 0. The molecular formula is C12H17NO6. The number of aliphatic hydroxyl groups excluding tert-OH is 2. The van der Waals surface area contributed by atoms with Crippen LogP contribution in [0.4, 0.5) is 5.69 Å². The Morgan fingerprint density at radius 3 is 2.68 bits per heavy atom. The van der Waals surface area contributed by atoms with E-state index in [1.54, 1.807) is 0 Å². The molecule has 19 heavy (non-hydrogen) atoms. The van der Waals surface area contributed by atoms with Crippen LogP contribution in [0.15, 0.2) is 18.2 Å². The predicted molar refractivity (Wildman–Crippen MR) is 67.1 cm³/mol. The van der Waals surface area contributed by atoms with Gasteiger partial charge in [0.25, 0.3) is 5.69 Å². The van der Waals surface area contributed by atoms with Gasteiger partial charge in [0, 0.05) is 17.7 Å². The Labute approximate surface area is 110 Å². The number of benzene rings is 1. The number of nitro benzene ring substituents is 1. The van der Waals surface area contributed by atoms with E-state index >= 15 is 0 Å². The van der Waals surface area contributed by atoms with Crippen molar-refractivity contribution in [1.82, 2.24) is 0 Å². The minimum absolute atomic E-state index is 0.0591. The van der Waals surface area contributed by atoms with E-state index in [9.17, 15) is 15.2 Å². The van der Waals surface area contributed by atoms with Gasteiger partial charge < -0.3 is 19.7 Å². The van der Waals surface area contributed by atoms with Gasteiger partial charge in [-0.1, -0.05) is 0 Å². The Hall–Kier alpha value is -1.70. The first-order valence-electron chi connectivity index (χ1n) is 5.84. The van der Waals surface area contributed by atoms with Crippen LogP contribution < -0.4 is 4.74 Å². The maximum atomic E-state index is 10.7. The predicted octanol–water partition coefficient (Wildman–Crippen LogP) is 1.04. The highest BCUT2D eigenvalue weighted by Crippen LogP contribution is 2.29. The molecule has 0 bridgehead atoms. The zero-order chi connectivity index (χ0) is 14.3. The molecule has 0 spiro atoms. The van der Waals surface area contributed by atoms with Crippen LogP contribution >= 0.6 is 0 Å². The van der Waals surface area contributed by atoms with Crippen molar-refractivity contribution >= 4 is 5.69 Å². The van der Waals surface area contributed by atoms with Gasteiger partial charge in [-0.2, -0.15) is 0 Å². The van der Waals surface area contributed by atoms with Gasteiger partial charge in [-0.05, 0) is 13.0 Å². The number of rotatable bonds is 8. The highest BCUT2D eigenvalue weighted by Gasteiger charge is 2.15. The summed E-state index contributed by atoms with van der Waals surface area (Å²) in [5.41, 5.74) is 0.260. The lowest BCUT2D eigenvalue weighted by atomic mass is 10.1. The van der Waals surface area contributed by atoms with E-state index in [0.717, 1.165) is 0 Å². The Morgan fingerprint density at radius 1 is 1.37 bits per heavy atom. The van der Waals surface area contributed by atoms with E-state index in [1.165, 1.54) is 25.1 Å². The second-order valence-corrected chi connectivity index (χ2v) is 3.84. The van der Waals surface area contributed by atoms with Gasteiger partial charge in [-0.25, -0.2) is 0 Å². The number of non-ortho nitro benzene ring substituents is 1. The zero-order valence-corrected chi connectivity index (χ0v) is 10.6. The molecular weight excluding hydrogens is 254 g/mol. The van der Waals surface area contributed by atoms with Crippen LogP contribution in [0.3, 0.4) is 0 Å². The number of ether oxygens (including phenoxy) is 2. The second kappa shape index (κ2) is 7.67. The standard InChI is InChI=1S/C12H17NO6/c1-9(15)11-8-10(13(16)17)2-3-12(11)19-7-6-18-5-4-14/h2-3,8-9,14-15H,4-7H2,1H3. The minimum Gasteiger partial charge on any atom is -0.491 e. The second-order valence-electron chi connectivity index (χ2n) is 3.84. The average molecular weight is 271 g/mol. The number of aliphatic hydroxyl groups is 2. The van der Waals surface area contributed by atoms with E-state index in [-0.39, 0.29) is 32.1 Å². The average Bonchev–Trinajstić information content (AvgIpc) is 2.38. The zero-order valence-electron chi connectivity index (χ0n) is 10.6. The molecule has 0 saturated carbocycles. The van der Waals surface area contributed by atoms with Gasteiger partial charge in [-0.15, -0.1) is 0 Å². The summed E-state index contributed by atoms with van der Waals surface area (Å²) in [5, 5.41) is 28.8. The van der Waals surface area contributed by atoms with Crippen LogP contribution in [-0.2, 0) is 4.74 Å². The number of nitro groups is 1. The molecule has 0 fully saturated rings. The molecule has 1 unspecified atom stereocenters. The van der Waals surface area contributed by atoms with Crippen molar-refractivity contribution < 1.29 is 24.6 Å². The van der Waals surface area contributed by atoms with Crippen molar-refractivity contribution in [3.63, 3.8) is 0 Å². The summed E-state index contributed by atoms with van der Waals surface area (Å²) in [4.78, 5) is 10.1. The van der Waals surface area contributed by atoms with Crippen molar-refractivity contribution in [2.75, 3.05) is 26.4 Å². The molecule has 2 N–H and O–H groups in total. The van der Waals surface area contributed by atoms with Crippen LogP contribution in [-0.4, -0.2) is 41.6 Å².